The number of carbonyl (C=O) groups excluding carboxylic acids is 2. The van der Waals surface area contributed by atoms with E-state index in [0.29, 0.717) is 17.0 Å². The Kier molecular flexibility index (Phi) is 7.53. The summed E-state index contributed by atoms with van der Waals surface area (Å²) < 4.78 is 5.57. The second-order valence-corrected chi connectivity index (χ2v) is 9.56. The van der Waals surface area contributed by atoms with Crippen molar-refractivity contribution in [2.24, 2.45) is 4.99 Å². The Bertz CT molecular complexity index is 1140. The van der Waals surface area contributed by atoms with E-state index in [9.17, 15) is 9.59 Å². The fourth-order valence-electron chi connectivity index (χ4n) is 4.02. The first-order valence-electron chi connectivity index (χ1n) is 11.5. The molecule has 1 unspecified atom stereocenters. The monoisotopic (exact) mass is 475 g/mol. The van der Waals surface area contributed by atoms with Gasteiger partial charge in [-0.3, -0.25) is 4.79 Å². The number of ether oxygens (including phenoxy) is 1. The van der Waals surface area contributed by atoms with Gasteiger partial charge in [0.25, 0.3) is 0 Å². The van der Waals surface area contributed by atoms with E-state index in [0.717, 1.165) is 35.0 Å². The minimum atomic E-state index is -0.334. The zero-order chi connectivity index (χ0) is 24.1. The molecule has 1 N–H and O–H groups in total. The van der Waals surface area contributed by atoms with Crippen molar-refractivity contribution in [3.8, 4) is 0 Å². The van der Waals surface area contributed by atoms with Gasteiger partial charge in [0.2, 0.25) is 5.91 Å². The predicted octanol–water partition coefficient (Wildman–Crippen LogP) is 5.41. The highest BCUT2D eigenvalue weighted by atomic mass is 32.2. The standard InChI is InChI=1S/C27H29N3O3S/c1-18(2)33-26(32)24-19(3)28-27-30(16-7-17-34-27)25(24)21-11-13-22(14-12-21)29-23(31)15-10-20-8-5-4-6-9-20/h4-6,8-15,18,25H,7,16-17H2,1-3H3,(H,29,31). The Balaban J connectivity index is 1.55. The molecule has 1 amide bonds. The molecular weight excluding hydrogens is 446 g/mol. The first-order valence-corrected chi connectivity index (χ1v) is 12.4. The Hall–Kier alpha value is -3.32. The zero-order valence-corrected chi connectivity index (χ0v) is 20.5. The molecule has 176 valence electrons. The number of carbonyl (C=O) groups is 2. The smallest absolute Gasteiger partial charge is 0.338 e. The highest BCUT2D eigenvalue weighted by Crippen LogP contribution is 2.40. The second-order valence-electron chi connectivity index (χ2n) is 8.50. The summed E-state index contributed by atoms with van der Waals surface area (Å²) in [5, 5.41) is 3.84. The molecule has 1 saturated heterocycles. The Morgan fingerprint density at radius 1 is 1.15 bits per heavy atom. The molecule has 7 heteroatoms. The van der Waals surface area contributed by atoms with E-state index in [1.807, 2.05) is 75.4 Å². The van der Waals surface area contributed by atoms with Crippen LogP contribution in [0.5, 0.6) is 0 Å². The predicted molar refractivity (Wildman–Crippen MR) is 138 cm³/mol. The summed E-state index contributed by atoms with van der Waals surface area (Å²) in [5.74, 6) is 0.482. The molecule has 2 aromatic rings. The number of thioether (sulfide) groups is 1. The minimum Gasteiger partial charge on any atom is -0.459 e. The molecule has 1 fully saturated rings. The molecule has 0 saturated carbocycles. The van der Waals surface area contributed by atoms with Crippen molar-refractivity contribution in [3.05, 3.63) is 83.1 Å². The normalized spacial score (nSPS) is 18.1. The van der Waals surface area contributed by atoms with Crippen LogP contribution >= 0.6 is 11.8 Å². The molecule has 0 spiro atoms. The lowest BCUT2D eigenvalue weighted by atomic mass is 9.94. The van der Waals surface area contributed by atoms with Crippen LogP contribution in [-0.2, 0) is 14.3 Å². The average molecular weight is 476 g/mol. The number of benzene rings is 2. The molecule has 0 aromatic heterocycles. The van der Waals surface area contributed by atoms with E-state index in [1.54, 1.807) is 17.8 Å². The molecule has 6 nitrogen and oxygen atoms in total. The number of amidine groups is 1. The zero-order valence-electron chi connectivity index (χ0n) is 19.7. The molecule has 4 rings (SSSR count). The number of fused-ring (bicyclic) bond motifs is 1. The fourth-order valence-corrected chi connectivity index (χ4v) is 5.04. The lowest BCUT2D eigenvalue weighted by Crippen LogP contribution is -2.42. The number of nitrogens with one attached hydrogen (secondary N) is 1. The Morgan fingerprint density at radius 3 is 2.59 bits per heavy atom. The van der Waals surface area contributed by atoms with Gasteiger partial charge in [0, 0.05) is 24.1 Å². The number of hydrogen-bond donors (Lipinski definition) is 1. The number of hydrogen-bond acceptors (Lipinski definition) is 6. The van der Waals surface area contributed by atoms with Crippen LogP contribution in [-0.4, -0.2) is 40.3 Å². The summed E-state index contributed by atoms with van der Waals surface area (Å²) in [5.41, 5.74) is 3.88. The number of anilines is 1. The van der Waals surface area contributed by atoms with Gasteiger partial charge in [0.1, 0.15) is 0 Å². The van der Waals surface area contributed by atoms with Crippen molar-refractivity contribution in [1.82, 2.24) is 4.90 Å². The molecule has 0 aliphatic carbocycles. The number of allylic oxidation sites excluding steroid dienone is 1. The van der Waals surface area contributed by atoms with Crippen molar-refractivity contribution < 1.29 is 14.3 Å². The van der Waals surface area contributed by atoms with Gasteiger partial charge in [-0.15, -0.1) is 0 Å². The van der Waals surface area contributed by atoms with Crippen molar-refractivity contribution in [2.75, 3.05) is 17.6 Å². The van der Waals surface area contributed by atoms with E-state index in [4.69, 9.17) is 9.73 Å². The van der Waals surface area contributed by atoms with Gasteiger partial charge in [-0.1, -0.05) is 54.2 Å². The molecule has 2 aromatic carbocycles. The summed E-state index contributed by atoms with van der Waals surface area (Å²) in [4.78, 5) is 32.3. The van der Waals surface area contributed by atoms with Crippen LogP contribution in [0.3, 0.4) is 0 Å². The van der Waals surface area contributed by atoms with Crippen LogP contribution < -0.4 is 5.32 Å². The van der Waals surface area contributed by atoms with Gasteiger partial charge in [0.15, 0.2) is 5.17 Å². The first kappa shape index (κ1) is 23.8. The fraction of sp³-hybridized carbons (Fsp3) is 0.296. The lowest BCUT2D eigenvalue weighted by molar-refractivity contribution is -0.143. The van der Waals surface area contributed by atoms with Gasteiger partial charge in [-0.05, 0) is 56.5 Å². The molecule has 0 bridgehead atoms. The van der Waals surface area contributed by atoms with Crippen LogP contribution in [0.4, 0.5) is 5.69 Å². The Morgan fingerprint density at radius 2 is 1.88 bits per heavy atom. The lowest BCUT2D eigenvalue weighted by Gasteiger charge is -2.40. The maximum Gasteiger partial charge on any atom is 0.338 e. The van der Waals surface area contributed by atoms with E-state index >= 15 is 0 Å². The summed E-state index contributed by atoms with van der Waals surface area (Å²) in [6.07, 6.45) is 4.11. The number of esters is 1. The third kappa shape index (κ3) is 5.59. The first-order chi connectivity index (χ1) is 16.4. The SMILES string of the molecule is CC1=C(C(=O)OC(C)C)C(c2ccc(NC(=O)C=Cc3ccccc3)cc2)N2CCCSC2=N1. The summed E-state index contributed by atoms with van der Waals surface area (Å²) in [7, 11) is 0. The van der Waals surface area contributed by atoms with E-state index in [1.165, 1.54) is 6.08 Å². The van der Waals surface area contributed by atoms with Crippen molar-refractivity contribution in [3.63, 3.8) is 0 Å². The van der Waals surface area contributed by atoms with Crippen molar-refractivity contribution in [2.45, 2.75) is 39.3 Å². The molecule has 2 aliphatic rings. The average Bonchev–Trinajstić information content (AvgIpc) is 2.82. The topological polar surface area (TPSA) is 71.0 Å². The van der Waals surface area contributed by atoms with Gasteiger partial charge in [-0.2, -0.15) is 0 Å². The molecule has 1 atom stereocenters. The Labute approximate surface area is 204 Å². The maximum absolute atomic E-state index is 13.0. The summed E-state index contributed by atoms with van der Waals surface area (Å²) >= 11 is 1.72. The van der Waals surface area contributed by atoms with Crippen LogP contribution in [0.15, 0.2) is 76.9 Å². The largest absolute Gasteiger partial charge is 0.459 e. The van der Waals surface area contributed by atoms with Gasteiger partial charge in [0.05, 0.1) is 23.4 Å². The highest BCUT2D eigenvalue weighted by molar-refractivity contribution is 8.13. The minimum absolute atomic E-state index is 0.201. The number of nitrogens with zero attached hydrogens (tertiary/aromatic N) is 2. The van der Waals surface area contributed by atoms with Crippen molar-refractivity contribution >= 4 is 40.6 Å². The molecular formula is C27H29N3O3S. The quantitative estimate of drug-likeness (QED) is 0.447. The van der Waals surface area contributed by atoms with Crippen molar-refractivity contribution in [1.29, 1.82) is 0 Å². The molecule has 34 heavy (non-hydrogen) atoms. The molecule has 2 heterocycles. The van der Waals surface area contributed by atoms with E-state index in [-0.39, 0.29) is 24.0 Å². The second kappa shape index (κ2) is 10.7. The maximum atomic E-state index is 13.0. The number of amides is 1. The molecule has 0 radical (unpaired) electrons. The molecule has 2 aliphatic heterocycles. The number of aliphatic imine (C=N–C) groups is 1. The summed E-state index contributed by atoms with van der Waals surface area (Å²) in [6, 6.07) is 17.1. The summed E-state index contributed by atoms with van der Waals surface area (Å²) in [6.45, 7) is 6.39. The van der Waals surface area contributed by atoms with Gasteiger partial charge in [-0.25, -0.2) is 9.79 Å². The van der Waals surface area contributed by atoms with E-state index < -0.39 is 0 Å². The van der Waals surface area contributed by atoms with Crippen LogP contribution in [0.25, 0.3) is 6.08 Å². The van der Waals surface area contributed by atoms with Crippen LogP contribution in [0.2, 0.25) is 0 Å². The third-order valence-corrected chi connectivity index (χ3v) is 6.62. The van der Waals surface area contributed by atoms with E-state index in [2.05, 4.69) is 10.2 Å². The highest BCUT2D eigenvalue weighted by Gasteiger charge is 2.38. The number of rotatable bonds is 6. The third-order valence-electron chi connectivity index (χ3n) is 5.54. The van der Waals surface area contributed by atoms with Crippen LogP contribution in [0, 0.1) is 0 Å². The van der Waals surface area contributed by atoms with Gasteiger partial charge >= 0.3 is 5.97 Å². The van der Waals surface area contributed by atoms with Gasteiger partial charge < -0.3 is 15.0 Å². The van der Waals surface area contributed by atoms with Crippen LogP contribution in [0.1, 0.15) is 44.4 Å².